The third-order valence-corrected chi connectivity index (χ3v) is 4.29. The molecule has 4 rings (SSSR count). The lowest BCUT2D eigenvalue weighted by Crippen LogP contribution is -1.93. The largest absolute Gasteiger partial charge is 0.508 e. The Morgan fingerprint density at radius 1 is 1.13 bits per heavy atom. The molecule has 0 amide bonds. The molecular weight excluding hydrogens is 310 g/mol. The summed E-state index contributed by atoms with van der Waals surface area (Å²) in [7, 11) is 0. The quantitative estimate of drug-likeness (QED) is 0.479. The van der Waals surface area contributed by atoms with Crippen LogP contribution in [-0.4, -0.2) is 15.1 Å². The van der Waals surface area contributed by atoms with Gasteiger partial charge in [0.2, 0.25) is 5.95 Å². The van der Waals surface area contributed by atoms with Crippen molar-refractivity contribution in [3.63, 3.8) is 0 Å². The molecule has 0 unspecified atom stereocenters. The molecule has 0 saturated heterocycles. The van der Waals surface area contributed by atoms with Gasteiger partial charge in [0.05, 0.1) is 11.0 Å². The number of imidazole rings is 1. The number of anilines is 2. The second-order valence-electron chi connectivity index (χ2n) is 5.54. The van der Waals surface area contributed by atoms with Crippen molar-refractivity contribution in [2.24, 2.45) is 0 Å². The molecule has 5 heteroatoms. The van der Waals surface area contributed by atoms with Crippen molar-refractivity contribution in [2.75, 3.05) is 5.32 Å². The van der Waals surface area contributed by atoms with E-state index in [-0.39, 0.29) is 5.75 Å². The molecule has 0 spiro atoms. The number of halogens is 1. The number of nitrogens with one attached hydrogen (secondary N) is 2. The van der Waals surface area contributed by atoms with Gasteiger partial charge in [0, 0.05) is 16.1 Å². The van der Waals surface area contributed by atoms with Gasteiger partial charge in [0.1, 0.15) is 5.75 Å². The van der Waals surface area contributed by atoms with Crippen LogP contribution in [0.25, 0.3) is 21.8 Å². The zero-order chi connectivity index (χ0) is 16.0. The summed E-state index contributed by atoms with van der Waals surface area (Å²) in [5, 5.41) is 15.7. The third kappa shape index (κ3) is 2.47. The van der Waals surface area contributed by atoms with Gasteiger partial charge < -0.3 is 15.4 Å². The number of aryl methyl sites for hydroxylation is 1. The number of phenols is 1. The van der Waals surface area contributed by atoms with E-state index in [1.807, 2.05) is 43.3 Å². The van der Waals surface area contributed by atoms with Crippen LogP contribution in [0.4, 0.5) is 11.6 Å². The lowest BCUT2D eigenvalue weighted by atomic mass is 10.1. The maximum atomic E-state index is 9.73. The van der Waals surface area contributed by atoms with Crippen molar-refractivity contribution in [3.05, 3.63) is 59.1 Å². The molecule has 0 saturated carbocycles. The number of hydrogen-bond acceptors (Lipinski definition) is 3. The number of benzene rings is 3. The van der Waals surface area contributed by atoms with E-state index >= 15 is 0 Å². The minimum Gasteiger partial charge on any atom is -0.508 e. The van der Waals surface area contributed by atoms with Crippen LogP contribution < -0.4 is 5.32 Å². The van der Waals surface area contributed by atoms with Crippen LogP contribution in [0, 0.1) is 6.92 Å². The number of fused-ring (bicyclic) bond motifs is 2. The maximum Gasteiger partial charge on any atom is 0.205 e. The van der Waals surface area contributed by atoms with E-state index in [9.17, 15) is 5.11 Å². The lowest BCUT2D eigenvalue weighted by molar-refractivity contribution is 0.476. The number of nitrogens with zero attached hydrogens (tertiary/aromatic N) is 1. The topological polar surface area (TPSA) is 60.9 Å². The number of rotatable bonds is 2. The van der Waals surface area contributed by atoms with Crippen molar-refractivity contribution in [2.45, 2.75) is 6.92 Å². The molecule has 0 aliphatic carbocycles. The molecule has 0 atom stereocenters. The molecule has 0 aliphatic heterocycles. The van der Waals surface area contributed by atoms with Crippen LogP contribution in [0.3, 0.4) is 0 Å². The first kappa shape index (κ1) is 13.9. The SMILES string of the molecule is Cc1cc2[nH]c(Nc3cccc4ccc(O)cc34)nc2cc1Cl. The number of hydrogen-bond donors (Lipinski definition) is 3. The van der Waals surface area contributed by atoms with E-state index in [1.54, 1.807) is 12.1 Å². The molecule has 3 N–H and O–H groups in total. The van der Waals surface area contributed by atoms with Crippen LogP contribution in [0.5, 0.6) is 5.75 Å². The lowest BCUT2D eigenvalue weighted by Gasteiger charge is -2.07. The number of aromatic amines is 1. The van der Waals surface area contributed by atoms with Crippen LogP contribution in [0.15, 0.2) is 48.5 Å². The highest BCUT2D eigenvalue weighted by Crippen LogP contribution is 2.30. The Balaban J connectivity index is 1.80. The molecule has 1 aromatic heterocycles. The Bertz CT molecular complexity index is 1000. The van der Waals surface area contributed by atoms with E-state index in [0.29, 0.717) is 11.0 Å². The van der Waals surface area contributed by atoms with Crippen molar-refractivity contribution in [3.8, 4) is 5.75 Å². The Labute approximate surface area is 137 Å². The highest BCUT2D eigenvalue weighted by atomic mass is 35.5. The van der Waals surface area contributed by atoms with Gasteiger partial charge in [-0.1, -0.05) is 29.8 Å². The van der Waals surface area contributed by atoms with Crippen LogP contribution in [0.1, 0.15) is 5.56 Å². The molecule has 0 fully saturated rings. The molecule has 0 bridgehead atoms. The fourth-order valence-corrected chi connectivity index (χ4v) is 2.85. The molecular formula is C18H14ClN3O. The molecule has 4 aromatic rings. The first-order valence-corrected chi connectivity index (χ1v) is 7.62. The predicted molar refractivity (Wildman–Crippen MR) is 94.7 cm³/mol. The van der Waals surface area contributed by atoms with E-state index in [1.165, 1.54) is 0 Å². The third-order valence-electron chi connectivity index (χ3n) is 3.88. The molecule has 3 aromatic carbocycles. The summed E-state index contributed by atoms with van der Waals surface area (Å²) in [6.45, 7) is 1.96. The van der Waals surface area contributed by atoms with Gasteiger partial charge in [-0.2, -0.15) is 0 Å². The summed E-state index contributed by atoms with van der Waals surface area (Å²) in [5.41, 5.74) is 3.62. The summed E-state index contributed by atoms with van der Waals surface area (Å²) in [6.07, 6.45) is 0. The molecule has 4 nitrogen and oxygen atoms in total. The predicted octanol–water partition coefficient (Wildman–Crippen LogP) is 5.13. The maximum absolute atomic E-state index is 9.73. The molecule has 114 valence electrons. The number of aromatic hydroxyl groups is 1. The summed E-state index contributed by atoms with van der Waals surface area (Å²) in [4.78, 5) is 7.77. The van der Waals surface area contributed by atoms with Crippen LogP contribution in [0.2, 0.25) is 5.02 Å². The van der Waals surface area contributed by atoms with Gasteiger partial charge in [0.15, 0.2) is 0 Å². The molecule has 1 heterocycles. The van der Waals surface area contributed by atoms with Gasteiger partial charge in [-0.05, 0) is 48.2 Å². The van der Waals surface area contributed by atoms with Crippen LogP contribution >= 0.6 is 11.6 Å². The highest BCUT2D eigenvalue weighted by molar-refractivity contribution is 6.32. The zero-order valence-corrected chi connectivity index (χ0v) is 13.1. The average molecular weight is 324 g/mol. The van der Waals surface area contributed by atoms with Gasteiger partial charge in [0.25, 0.3) is 0 Å². The standard InChI is InChI=1S/C18H14ClN3O/c1-10-7-16-17(9-14(10)19)22-18(21-16)20-15-4-2-3-11-5-6-12(23)8-13(11)15/h2-9,23H,1H3,(H2,20,21,22). The van der Waals surface area contributed by atoms with Crippen molar-refractivity contribution in [1.82, 2.24) is 9.97 Å². The van der Waals surface area contributed by atoms with Gasteiger partial charge in [-0.15, -0.1) is 0 Å². The van der Waals surface area contributed by atoms with Crippen molar-refractivity contribution in [1.29, 1.82) is 0 Å². The smallest absolute Gasteiger partial charge is 0.205 e. The number of H-pyrrole nitrogens is 1. The Hall–Kier alpha value is -2.72. The summed E-state index contributed by atoms with van der Waals surface area (Å²) in [6, 6.07) is 15.0. The first-order valence-electron chi connectivity index (χ1n) is 7.25. The molecule has 0 radical (unpaired) electrons. The summed E-state index contributed by atoms with van der Waals surface area (Å²) < 4.78 is 0. The van der Waals surface area contributed by atoms with Crippen LogP contribution in [-0.2, 0) is 0 Å². The normalized spacial score (nSPS) is 11.2. The molecule has 0 aliphatic rings. The van der Waals surface area contributed by atoms with E-state index in [4.69, 9.17) is 11.6 Å². The second-order valence-corrected chi connectivity index (χ2v) is 5.95. The second kappa shape index (κ2) is 5.18. The Morgan fingerprint density at radius 3 is 2.87 bits per heavy atom. The molecule has 23 heavy (non-hydrogen) atoms. The zero-order valence-electron chi connectivity index (χ0n) is 12.4. The van der Waals surface area contributed by atoms with Gasteiger partial charge in [-0.25, -0.2) is 4.98 Å². The Morgan fingerprint density at radius 2 is 2.00 bits per heavy atom. The monoisotopic (exact) mass is 323 g/mol. The van der Waals surface area contributed by atoms with Gasteiger partial charge in [-0.3, -0.25) is 0 Å². The highest BCUT2D eigenvalue weighted by Gasteiger charge is 2.08. The minimum absolute atomic E-state index is 0.235. The first-order chi connectivity index (χ1) is 11.1. The minimum atomic E-state index is 0.235. The number of phenolic OH excluding ortho intramolecular Hbond substituents is 1. The number of aromatic nitrogens is 2. The van der Waals surface area contributed by atoms with Crippen molar-refractivity contribution < 1.29 is 5.11 Å². The van der Waals surface area contributed by atoms with E-state index in [0.717, 1.165) is 33.1 Å². The van der Waals surface area contributed by atoms with E-state index in [2.05, 4.69) is 15.3 Å². The fraction of sp³-hybridized carbons (Fsp3) is 0.0556. The summed E-state index contributed by atoms with van der Waals surface area (Å²) in [5.74, 6) is 0.872. The van der Waals surface area contributed by atoms with Gasteiger partial charge >= 0.3 is 0 Å². The fourth-order valence-electron chi connectivity index (χ4n) is 2.70. The summed E-state index contributed by atoms with van der Waals surface area (Å²) >= 11 is 6.15. The van der Waals surface area contributed by atoms with E-state index < -0.39 is 0 Å². The van der Waals surface area contributed by atoms with Crippen molar-refractivity contribution >= 4 is 45.0 Å². The average Bonchev–Trinajstić information content (AvgIpc) is 2.89. The Kier molecular flexibility index (Phi) is 3.13.